The maximum Gasteiger partial charge on any atom is 0.255 e. The molecule has 4 rings (SSSR count). The maximum absolute atomic E-state index is 13.0. The average molecular weight is 440 g/mol. The average Bonchev–Trinajstić information content (AvgIpc) is 3.38. The molecule has 0 saturated carbocycles. The first kappa shape index (κ1) is 20.2. The van der Waals surface area contributed by atoms with Crippen LogP contribution in [0.3, 0.4) is 0 Å². The molecule has 1 N–H and O–H groups in total. The van der Waals surface area contributed by atoms with Gasteiger partial charge >= 0.3 is 0 Å². The summed E-state index contributed by atoms with van der Waals surface area (Å²) >= 11 is 12.2. The van der Waals surface area contributed by atoms with Crippen molar-refractivity contribution in [1.29, 1.82) is 0 Å². The van der Waals surface area contributed by atoms with Gasteiger partial charge in [0.1, 0.15) is 11.9 Å². The number of nitrogens with one attached hydrogen (secondary N) is 1. The van der Waals surface area contributed by atoms with Crippen molar-refractivity contribution >= 4 is 29.1 Å². The molecule has 0 aliphatic heterocycles. The Bertz CT molecular complexity index is 1170. The fourth-order valence-electron chi connectivity index (χ4n) is 3.19. The van der Waals surface area contributed by atoms with Crippen LogP contribution in [-0.4, -0.2) is 25.2 Å². The molecule has 152 valence electrons. The molecule has 0 aliphatic carbocycles. The fraction of sp³-hybridized carbons (Fsp3) is 0.136. The first-order valence-electron chi connectivity index (χ1n) is 9.30. The normalized spacial score (nSPS) is 12.0. The number of hydrogen-bond acceptors (Lipinski definition) is 3. The quantitative estimate of drug-likeness (QED) is 0.481. The van der Waals surface area contributed by atoms with Crippen molar-refractivity contribution in [3.63, 3.8) is 0 Å². The molecule has 0 fully saturated rings. The molecule has 0 saturated heterocycles. The first-order valence-corrected chi connectivity index (χ1v) is 10.1. The Labute approximate surface area is 184 Å². The lowest BCUT2D eigenvalue weighted by molar-refractivity contribution is 0.0941. The number of carbonyl (C=O) groups excluding carboxylic acids is 1. The van der Waals surface area contributed by atoms with E-state index in [9.17, 15) is 4.79 Å². The second-order valence-corrected chi connectivity index (χ2v) is 7.72. The van der Waals surface area contributed by atoms with Crippen LogP contribution in [-0.2, 0) is 13.6 Å². The number of amides is 1. The molecule has 30 heavy (non-hydrogen) atoms. The van der Waals surface area contributed by atoms with Crippen molar-refractivity contribution in [1.82, 2.24) is 24.6 Å². The summed E-state index contributed by atoms with van der Waals surface area (Å²) in [5, 5.41) is 8.65. The predicted octanol–water partition coefficient (Wildman–Crippen LogP) is 4.49. The number of aromatic nitrogens is 4. The van der Waals surface area contributed by atoms with Gasteiger partial charge in [0.05, 0.1) is 18.3 Å². The predicted molar refractivity (Wildman–Crippen MR) is 117 cm³/mol. The van der Waals surface area contributed by atoms with Crippen LogP contribution >= 0.6 is 23.2 Å². The maximum atomic E-state index is 13.0. The monoisotopic (exact) mass is 439 g/mol. The molecule has 4 aromatic rings. The second kappa shape index (κ2) is 8.73. The molecule has 1 atom stereocenters. The number of carbonyl (C=O) groups is 1. The van der Waals surface area contributed by atoms with E-state index < -0.39 is 6.04 Å². The standard InChI is InChI=1S/C22H19Cl2N5O/c1-28-11-10-25-21(28)20(15-6-8-18(23)9-7-15)27-22(30)17-12-26-29(14-17)13-16-4-2-3-5-19(16)24/h2-12,14,20H,13H2,1H3,(H,27,30). The van der Waals surface area contributed by atoms with Crippen LogP contribution in [0, 0.1) is 0 Å². The van der Waals surface area contributed by atoms with Crippen molar-refractivity contribution < 1.29 is 4.79 Å². The van der Waals surface area contributed by atoms with Gasteiger partial charge in [-0.2, -0.15) is 5.10 Å². The minimum absolute atomic E-state index is 0.247. The van der Waals surface area contributed by atoms with E-state index in [0.717, 1.165) is 11.1 Å². The smallest absolute Gasteiger partial charge is 0.255 e. The van der Waals surface area contributed by atoms with Crippen LogP contribution in [0.25, 0.3) is 0 Å². The van der Waals surface area contributed by atoms with Crippen LogP contribution in [0.4, 0.5) is 0 Å². The Kier molecular flexibility index (Phi) is 5.88. The molecule has 6 nitrogen and oxygen atoms in total. The van der Waals surface area contributed by atoms with E-state index in [4.69, 9.17) is 23.2 Å². The summed E-state index contributed by atoms with van der Waals surface area (Å²) in [6.45, 7) is 0.479. The van der Waals surface area contributed by atoms with Gasteiger partial charge in [-0.15, -0.1) is 0 Å². The number of imidazole rings is 1. The van der Waals surface area contributed by atoms with Gasteiger partial charge in [-0.1, -0.05) is 53.5 Å². The van der Waals surface area contributed by atoms with Crippen molar-refractivity contribution in [2.75, 3.05) is 0 Å². The zero-order chi connectivity index (χ0) is 21.1. The van der Waals surface area contributed by atoms with Crippen LogP contribution in [0.5, 0.6) is 0 Å². The SMILES string of the molecule is Cn1ccnc1C(NC(=O)c1cnn(Cc2ccccc2Cl)c1)c1ccc(Cl)cc1. The highest BCUT2D eigenvalue weighted by Crippen LogP contribution is 2.23. The summed E-state index contributed by atoms with van der Waals surface area (Å²) in [6.07, 6.45) is 6.79. The van der Waals surface area contributed by atoms with Crippen LogP contribution in [0.1, 0.15) is 33.4 Å². The van der Waals surface area contributed by atoms with E-state index in [1.807, 2.05) is 54.2 Å². The molecular weight excluding hydrogens is 421 g/mol. The zero-order valence-corrected chi connectivity index (χ0v) is 17.7. The molecule has 0 aliphatic rings. The highest BCUT2D eigenvalue weighted by molar-refractivity contribution is 6.31. The van der Waals surface area contributed by atoms with Crippen molar-refractivity contribution in [2.45, 2.75) is 12.6 Å². The Morgan fingerprint density at radius 1 is 1.13 bits per heavy atom. The first-order chi connectivity index (χ1) is 14.5. The van der Waals surface area contributed by atoms with E-state index in [0.29, 0.717) is 28.0 Å². The number of rotatable bonds is 6. The second-order valence-electron chi connectivity index (χ2n) is 6.87. The summed E-state index contributed by atoms with van der Waals surface area (Å²) < 4.78 is 3.56. The molecule has 8 heteroatoms. The molecule has 0 bridgehead atoms. The Balaban J connectivity index is 1.56. The fourth-order valence-corrected chi connectivity index (χ4v) is 3.51. The minimum atomic E-state index is -0.429. The largest absolute Gasteiger partial charge is 0.338 e. The lowest BCUT2D eigenvalue weighted by atomic mass is 10.1. The van der Waals surface area contributed by atoms with Crippen molar-refractivity contribution in [2.24, 2.45) is 7.05 Å². The lowest BCUT2D eigenvalue weighted by Gasteiger charge is -2.19. The molecular formula is C22H19Cl2N5O. The van der Waals surface area contributed by atoms with Gasteiger partial charge in [0.15, 0.2) is 0 Å². The lowest BCUT2D eigenvalue weighted by Crippen LogP contribution is -2.31. The summed E-state index contributed by atoms with van der Waals surface area (Å²) in [4.78, 5) is 17.4. The molecule has 2 aromatic heterocycles. The van der Waals surface area contributed by atoms with Crippen molar-refractivity contribution in [3.05, 3.63) is 106 Å². The summed E-state index contributed by atoms with van der Waals surface area (Å²) in [7, 11) is 1.89. The molecule has 2 aromatic carbocycles. The number of aryl methyl sites for hydroxylation is 1. The third kappa shape index (κ3) is 4.40. The Morgan fingerprint density at radius 2 is 1.90 bits per heavy atom. The van der Waals surface area contributed by atoms with Gasteiger partial charge in [-0.05, 0) is 29.3 Å². The van der Waals surface area contributed by atoms with Crippen LogP contribution < -0.4 is 5.32 Å². The number of halogens is 2. The topological polar surface area (TPSA) is 64.7 Å². The minimum Gasteiger partial charge on any atom is -0.338 e. The van der Waals surface area contributed by atoms with E-state index >= 15 is 0 Å². The van der Waals surface area contributed by atoms with Gasteiger partial charge in [0, 0.05) is 35.7 Å². The van der Waals surface area contributed by atoms with E-state index in [1.165, 1.54) is 0 Å². The third-order valence-corrected chi connectivity index (χ3v) is 5.40. The Hall–Kier alpha value is -3.09. The van der Waals surface area contributed by atoms with Crippen LogP contribution in [0.2, 0.25) is 10.0 Å². The summed E-state index contributed by atoms with van der Waals surface area (Å²) in [5.41, 5.74) is 2.27. The highest BCUT2D eigenvalue weighted by Gasteiger charge is 2.22. The molecule has 1 amide bonds. The molecule has 0 radical (unpaired) electrons. The number of benzene rings is 2. The van der Waals surface area contributed by atoms with Gasteiger partial charge in [0.25, 0.3) is 5.91 Å². The van der Waals surface area contributed by atoms with Gasteiger partial charge in [-0.3, -0.25) is 9.48 Å². The molecule has 2 heterocycles. The van der Waals surface area contributed by atoms with Crippen LogP contribution in [0.15, 0.2) is 73.3 Å². The summed E-state index contributed by atoms with van der Waals surface area (Å²) in [6, 6.07) is 14.5. The molecule has 0 spiro atoms. The van der Waals surface area contributed by atoms with E-state index in [-0.39, 0.29) is 5.91 Å². The Morgan fingerprint density at radius 3 is 2.60 bits per heavy atom. The van der Waals surface area contributed by atoms with Gasteiger partial charge in [0.2, 0.25) is 0 Å². The van der Waals surface area contributed by atoms with Gasteiger partial charge < -0.3 is 9.88 Å². The highest BCUT2D eigenvalue weighted by atomic mass is 35.5. The van der Waals surface area contributed by atoms with E-state index in [1.54, 1.807) is 35.4 Å². The zero-order valence-electron chi connectivity index (χ0n) is 16.2. The summed E-state index contributed by atoms with van der Waals surface area (Å²) in [5.74, 6) is 0.470. The number of hydrogen-bond donors (Lipinski definition) is 1. The van der Waals surface area contributed by atoms with Gasteiger partial charge in [-0.25, -0.2) is 4.98 Å². The third-order valence-electron chi connectivity index (χ3n) is 4.78. The molecule has 1 unspecified atom stereocenters. The van der Waals surface area contributed by atoms with Crippen molar-refractivity contribution in [3.8, 4) is 0 Å². The van der Waals surface area contributed by atoms with E-state index in [2.05, 4.69) is 15.4 Å². The number of nitrogens with zero attached hydrogens (tertiary/aromatic N) is 4.